The van der Waals surface area contributed by atoms with Crippen LogP contribution in [0.5, 0.6) is 5.75 Å². The lowest BCUT2D eigenvalue weighted by atomic mass is 10.1. The molecule has 2 heterocycles. The number of nitrogens with two attached hydrogens (primary N) is 1. The number of ether oxygens (including phenoxy) is 1. The van der Waals surface area contributed by atoms with Crippen LogP contribution in [0.15, 0.2) is 60.9 Å². The molecule has 0 aliphatic rings. The van der Waals surface area contributed by atoms with Crippen molar-refractivity contribution in [3.8, 4) is 28.9 Å². The van der Waals surface area contributed by atoms with Gasteiger partial charge in [0.15, 0.2) is 0 Å². The van der Waals surface area contributed by atoms with Crippen molar-refractivity contribution in [3.63, 3.8) is 0 Å². The van der Waals surface area contributed by atoms with Crippen molar-refractivity contribution in [2.24, 2.45) is 5.73 Å². The van der Waals surface area contributed by atoms with E-state index in [4.69, 9.17) is 15.5 Å². The minimum Gasteiger partial charge on any atom is -0.496 e. The van der Waals surface area contributed by atoms with Crippen molar-refractivity contribution in [3.05, 3.63) is 72.1 Å². The number of aromatic nitrogens is 3. The van der Waals surface area contributed by atoms with Crippen LogP contribution in [0.3, 0.4) is 0 Å². The molecule has 0 amide bonds. The molecule has 6 heteroatoms. The standard InChI is InChI=1S/C22H19N5O/c1-14(24)16-7-8-20-19(11-16)25-13-27(20)22-5-3-4-18(26-22)17-10-15(12-23)6-9-21(17)28-2/h3-11,13-14H,24H2,1-2H3/t14-/m1/s1. The van der Waals surface area contributed by atoms with Crippen molar-refractivity contribution in [2.45, 2.75) is 13.0 Å². The van der Waals surface area contributed by atoms with Crippen LogP contribution in [0.4, 0.5) is 0 Å². The number of nitriles is 1. The summed E-state index contributed by atoms with van der Waals surface area (Å²) in [6.07, 6.45) is 1.75. The highest BCUT2D eigenvalue weighted by Gasteiger charge is 2.12. The van der Waals surface area contributed by atoms with Crippen LogP contribution in [0.2, 0.25) is 0 Å². The molecule has 0 bridgehead atoms. The molecule has 138 valence electrons. The number of pyridine rings is 1. The normalized spacial score (nSPS) is 11.9. The Morgan fingerprint density at radius 2 is 2.00 bits per heavy atom. The Hall–Kier alpha value is -3.69. The van der Waals surface area contributed by atoms with E-state index in [9.17, 15) is 5.26 Å². The van der Waals surface area contributed by atoms with Gasteiger partial charge in [0.2, 0.25) is 0 Å². The molecule has 4 aromatic rings. The summed E-state index contributed by atoms with van der Waals surface area (Å²) in [6.45, 7) is 1.95. The van der Waals surface area contributed by atoms with E-state index < -0.39 is 0 Å². The van der Waals surface area contributed by atoms with Gasteiger partial charge in [-0.2, -0.15) is 5.26 Å². The maximum absolute atomic E-state index is 9.22. The minimum absolute atomic E-state index is 0.0455. The number of rotatable bonds is 4. The highest BCUT2D eigenvalue weighted by atomic mass is 16.5. The van der Waals surface area contributed by atoms with Gasteiger partial charge in [0, 0.05) is 11.6 Å². The van der Waals surface area contributed by atoms with Crippen molar-refractivity contribution in [1.82, 2.24) is 14.5 Å². The number of fused-ring (bicyclic) bond motifs is 1. The Morgan fingerprint density at radius 1 is 1.14 bits per heavy atom. The highest BCUT2D eigenvalue weighted by Crippen LogP contribution is 2.30. The largest absolute Gasteiger partial charge is 0.496 e. The molecule has 6 nitrogen and oxygen atoms in total. The fourth-order valence-corrected chi connectivity index (χ4v) is 3.18. The number of nitrogens with zero attached hydrogens (tertiary/aromatic N) is 4. The van der Waals surface area contributed by atoms with Gasteiger partial charge < -0.3 is 10.5 Å². The fraction of sp³-hybridized carbons (Fsp3) is 0.136. The molecule has 0 aliphatic heterocycles. The number of hydrogen-bond donors (Lipinski definition) is 1. The first-order valence-corrected chi connectivity index (χ1v) is 8.89. The Labute approximate surface area is 162 Å². The molecule has 2 aromatic heterocycles. The summed E-state index contributed by atoms with van der Waals surface area (Å²) < 4.78 is 7.39. The molecule has 1 atom stereocenters. The fourth-order valence-electron chi connectivity index (χ4n) is 3.18. The van der Waals surface area contributed by atoms with Crippen LogP contribution < -0.4 is 10.5 Å². The third-order valence-corrected chi connectivity index (χ3v) is 4.68. The molecular formula is C22H19N5O. The number of benzene rings is 2. The zero-order valence-corrected chi connectivity index (χ0v) is 15.6. The molecule has 0 spiro atoms. The Morgan fingerprint density at radius 3 is 2.75 bits per heavy atom. The number of methoxy groups -OCH3 is 1. The third-order valence-electron chi connectivity index (χ3n) is 4.68. The predicted octanol–water partition coefficient (Wildman–Crippen LogP) is 3.99. The zero-order chi connectivity index (χ0) is 19.7. The summed E-state index contributed by atoms with van der Waals surface area (Å²) in [7, 11) is 1.61. The van der Waals surface area contributed by atoms with Gasteiger partial charge in [-0.05, 0) is 55.0 Å². The second-order valence-electron chi connectivity index (χ2n) is 6.56. The van der Waals surface area contributed by atoms with Crippen LogP contribution >= 0.6 is 0 Å². The molecule has 0 saturated carbocycles. The predicted molar refractivity (Wildman–Crippen MR) is 108 cm³/mol. The van der Waals surface area contributed by atoms with Crippen LogP contribution in [0.1, 0.15) is 24.1 Å². The van der Waals surface area contributed by atoms with Gasteiger partial charge in [0.1, 0.15) is 17.9 Å². The van der Waals surface area contributed by atoms with E-state index in [1.54, 1.807) is 31.6 Å². The van der Waals surface area contributed by atoms with Crippen LogP contribution in [0.25, 0.3) is 28.1 Å². The van der Waals surface area contributed by atoms with E-state index >= 15 is 0 Å². The molecule has 0 fully saturated rings. The smallest absolute Gasteiger partial charge is 0.139 e. The van der Waals surface area contributed by atoms with E-state index in [-0.39, 0.29) is 6.04 Å². The van der Waals surface area contributed by atoms with E-state index in [0.29, 0.717) is 11.3 Å². The van der Waals surface area contributed by atoms with Crippen LogP contribution in [-0.4, -0.2) is 21.6 Å². The van der Waals surface area contributed by atoms with Gasteiger partial charge in [-0.1, -0.05) is 12.1 Å². The first-order chi connectivity index (χ1) is 13.6. The molecule has 4 rings (SSSR count). The average molecular weight is 369 g/mol. The van der Waals surface area contributed by atoms with Crippen molar-refractivity contribution in [1.29, 1.82) is 5.26 Å². The molecule has 0 unspecified atom stereocenters. The monoisotopic (exact) mass is 369 g/mol. The molecule has 28 heavy (non-hydrogen) atoms. The topological polar surface area (TPSA) is 89.8 Å². The third kappa shape index (κ3) is 3.08. The quantitative estimate of drug-likeness (QED) is 0.587. The summed E-state index contributed by atoms with van der Waals surface area (Å²) >= 11 is 0. The summed E-state index contributed by atoms with van der Waals surface area (Å²) in [5, 5.41) is 9.22. The van der Waals surface area contributed by atoms with Gasteiger partial charge in [0.25, 0.3) is 0 Å². The van der Waals surface area contributed by atoms with Gasteiger partial charge in [-0.3, -0.25) is 4.57 Å². The molecule has 2 N–H and O–H groups in total. The van der Waals surface area contributed by atoms with E-state index in [1.165, 1.54) is 0 Å². The molecule has 0 aliphatic carbocycles. The second-order valence-corrected chi connectivity index (χ2v) is 6.56. The Kier molecular flexibility index (Phi) is 4.52. The lowest BCUT2D eigenvalue weighted by Gasteiger charge is -2.11. The number of imidazole rings is 1. The second kappa shape index (κ2) is 7.14. The van der Waals surface area contributed by atoms with E-state index in [1.807, 2.05) is 47.9 Å². The summed E-state index contributed by atoms with van der Waals surface area (Å²) in [5.74, 6) is 1.40. The van der Waals surface area contributed by atoms with Crippen molar-refractivity contribution < 1.29 is 4.74 Å². The minimum atomic E-state index is -0.0455. The molecule has 0 saturated heterocycles. The van der Waals surface area contributed by atoms with E-state index in [0.717, 1.165) is 33.7 Å². The van der Waals surface area contributed by atoms with Crippen molar-refractivity contribution >= 4 is 11.0 Å². The average Bonchev–Trinajstić information content (AvgIpc) is 3.16. The highest BCUT2D eigenvalue weighted by molar-refractivity contribution is 5.78. The Bertz CT molecular complexity index is 1200. The molecular weight excluding hydrogens is 350 g/mol. The van der Waals surface area contributed by atoms with Gasteiger partial charge in [-0.25, -0.2) is 9.97 Å². The Balaban J connectivity index is 1.82. The first kappa shape index (κ1) is 17.7. The van der Waals surface area contributed by atoms with Gasteiger partial charge in [0.05, 0.1) is 35.5 Å². The SMILES string of the molecule is COc1ccc(C#N)cc1-c1cccc(-n2cnc3cc([C@@H](C)N)ccc32)n1. The van der Waals surface area contributed by atoms with Crippen LogP contribution in [-0.2, 0) is 0 Å². The summed E-state index contributed by atoms with van der Waals surface area (Å²) in [6, 6.07) is 19.2. The van der Waals surface area contributed by atoms with Gasteiger partial charge >= 0.3 is 0 Å². The lowest BCUT2D eigenvalue weighted by molar-refractivity contribution is 0.416. The summed E-state index contributed by atoms with van der Waals surface area (Å²) in [5.41, 5.74) is 10.9. The maximum atomic E-state index is 9.22. The van der Waals surface area contributed by atoms with Crippen molar-refractivity contribution in [2.75, 3.05) is 7.11 Å². The molecule has 0 radical (unpaired) electrons. The van der Waals surface area contributed by atoms with E-state index in [2.05, 4.69) is 11.1 Å². The maximum Gasteiger partial charge on any atom is 0.139 e. The summed E-state index contributed by atoms with van der Waals surface area (Å²) in [4.78, 5) is 9.29. The van der Waals surface area contributed by atoms with Gasteiger partial charge in [-0.15, -0.1) is 0 Å². The number of hydrogen-bond acceptors (Lipinski definition) is 5. The first-order valence-electron chi connectivity index (χ1n) is 8.89. The van der Waals surface area contributed by atoms with Crippen LogP contribution in [0, 0.1) is 11.3 Å². The molecule has 2 aromatic carbocycles. The zero-order valence-electron chi connectivity index (χ0n) is 15.6. The lowest BCUT2D eigenvalue weighted by Crippen LogP contribution is -2.04.